The molecule has 5 aromatic rings. The van der Waals surface area contributed by atoms with Gasteiger partial charge in [0.15, 0.2) is 5.16 Å². The normalized spacial score (nSPS) is 10.8. The van der Waals surface area contributed by atoms with Crippen molar-refractivity contribution in [3.63, 3.8) is 0 Å². The highest BCUT2D eigenvalue weighted by Gasteiger charge is 2.19. The van der Waals surface area contributed by atoms with Crippen molar-refractivity contribution >= 4 is 29.0 Å². The average molecular weight is 529 g/mol. The Balaban J connectivity index is 1.33. The highest BCUT2D eigenvalue weighted by molar-refractivity contribution is 7.98. The zero-order valence-electron chi connectivity index (χ0n) is 20.1. The molecule has 5 rings (SSSR count). The van der Waals surface area contributed by atoms with Crippen LogP contribution in [-0.2, 0) is 18.7 Å². The lowest BCUT2D eigenvalue weighted by molar-refractivity contribution is 0.0946. The molecule has 0 aliphatic carbocycles. The molecule has 37 heavy (non-hydrogen) atoms. The van der Waals surface area contributed by atoms with E-state index in [1.165, 1.54) is 23.1 Å². The summed E-state index contributed by atoms with van der Waals surface area (Å²) in [5, 5.41) is 15.2. The summed E-state index contributed by atoms with van der Waals surface area (Å²) in [5.41, 5.74) is 3.21. The number of carbonyl (C=O) groups excluding carboxylic acids is 1. The van der Waals surface area contributed by atoms with Gasteiger partial charge in [0.25, 0.3) is 5.91 Å². The first-order chi connectivity index (χ1) is 18.2. The number of pyridine rings is 1. The molecular weight excluding hydrogens is 504 g/mol. The van der Waals surface area contributed by atoms with Crippen molar-refractivity contribution < 1.29 is 9.53 Å². The second-order valence-corrected chi connectivity index (χ2v) is 9.87. The van der Waals surface area contributed by atoms with Crippen LogP contribution in [0.5, 0.6) is 5.75 Å². The average Bonchev–Trinajstić information content (AvgIpc) is 3.59. The van der Waals surface area contributed by atoms with Crippen molar-refractivity contribution in [1.82, 2.24) is 30.0 Å². The fourth-order valence-corrected chi connectivity index (χ4v) is 5.47. The molecule has 0 atom stereocenters. The van der Waals surface area contributed by atoms with Gasteiger partial charge >= 0.3 is 0 Å². The van der Waals surface area contributed by atoms with Crippen LogP contribution in [0.25, 0.3) is 5.69 Å². The summed E-state index contributed by atoms with van der Waals surface area (Å²) < 4.78 is 7.66. The molecule has 0 radical (unpaired) electrons. The lowest BCUT2D eigenvalue weighted by Crippen LogP contribution is -2.23. The first kappa shape index (κ1) is 24.7. The van der Waals surface area contributed by atoms with Crippen LogP contribution >= 0.6 is 23.1 Å². The standard InChI is InChI=1S/C27H24N6O2S2/c1-35-23-13-6-5-12-22(23)33-24(15-19-9-3-2-4-10-19)31-32-27(33)37-18-25-30-21(17-36-25)26(34)29-16-20-11-7-8-14-28-20/h2-14,17H,15-16,18H2,1H3,(H,29,34). The van der Waals surface area contributed by atoms with Crippen molar-refractivity contribution in [3.05, 3.63) is 112 Å². The Kier molecular flexibility index (Phi) is 7.87. The number of hydrogen-bond acceptors (Lipinski definition) is 8. The minimum atomic E-state index is -0.222. The molecule has 0 aliphatic rings. The van der Waals surface area contributed by atoms with Gasteiger partial charge in [-0.25, -0.2) is 4.98 Å². The van der Waals surface area contributed by atoms with Crippen LogP contribution in [0, 0.1) is 0 Å². The first-order valence-electron chi connectivity index (χ1n) is 11.6. The minimum Gasteiger partial charge on any atom is -0.495 e. The number of ether oxygens (including phenoxy) is 1. The number of para-hydroxylation sites is 2. The first-order valence-corrected chi connectivity index (χ1v) is 13.4. The van der Waals surface area contributed by atoms with E-state index >= 15 is 0 Å². The van der Waals surface area contributed by atoms with Gasteiger partial charge in [0.2, 0.25) is 0 Å². The van der Waals surface area contributed by atoms with E-state index in [4.69, 9.17) is 4.74 Å². The maximum absolute atomic E-state index is 12.6. The molecule has 8 nitrogen and oxygen atoms in total. The molecule has 10 heteroatoms. The quantitative estimate of drug-likeness (QED) is 0.257. The molecule has 1 N–H and O–H groups in total. The predicted octanol–water partition coefficient (Wildman–Crippen LogP) is 4.94. The molecule has 0 saturated heterocycles. The highest BCUT2D eigenvalue weighted by Crippen LogP contribution is 2.31. The van der Waals surface area contributed by atoms with E-state index in [0.29, 0.717) is 24.4 Å². The van der Waals surface area contributed by atoms with Crippen molar-refractivity contribution in [2.75, 3.05) is 7.11 Å². The molecule has 2 aromatic carbocycles. The number of amides is 1. The monoisotopic (exact) mass is 528 g/mol. The number of thioether (sulfide) groups is 1. The van der Waals surface area contributed by atoms with Gasteiger partial charge in [-0.15, -0.1) is 21.5 Å². The fraction of sp³-hybridized carbons (Fsp3) is 0.148. The molecular formula is C27H24N6O2S2. The van der Waals surface area contributed by atoms with Gasteiger partial charge in [0.1, 0.15) is 22.3 Å². The molecule has 1 amide bonds. The maximum Gasteiger partial charge on any atom is 0.271 e. The van der Waals surface area contributed by atoms with Crippen LogP contribution in [0.15, 0.2) is 89.5 Å². The Hall–Kier alpha value is -4.02. The maximum atomic E-state index is 12.6. The molecule has 0 spiro atoms. The minimum absolute atomic E-state index is 0.222. The summed E-state index contributed by atoms with van der Waals surface area (Å²) >= 11 is 2.97. The van der Waals surface area contributed by atoms with Gasteiger partial charge in [0, 0.05) is 18.0 Å². The Morgan fingerprint density at radius 2 is 1.84 bits per heavy atom. The largest absolute Gasteiger partial charge is 0.495 e. The number of nitrogens with zero attached hydrogens (tertiary/aromatic N) is 5. The van der Waals surface area contributed by atoms with Crippen LogP contribution in [0.2, 0.25) is 0 Å². The zero-order valence-corrected chi connectivity index (χ0v) is 21.7. The van der Waals surface area contributed by atoms with Gasteiger partial charge < -0.3 is 10.1 Å². The second kappa shape index (κ2) is 11.8. The summed E-state index contributed by atoms with van der Waals surface area (Å²) in [7, 11) is 1.66. The SMILES string of the molecule is COc1ccccc1-n1c(Cc2ccccc2)nnc1SCc1nc(C(=O)NCc2ccccn2)cs1. The van der Waals surface area contributed by atoms with Crippen LogP contribution in [0.4, 0.5) is 0 Å². The summed E-state index contributed by atoms with van der Waals surface area (Å²) in [6.07, 6.45) is 2.33. The highest BCUT2D eigenvalue weighted by atomic mass is 32.2. The van der Waals surface area contributed by atoms with Gasteiger partial charge in [-0.2, -0.15) is 0 Å². The van der Waals surface area contributed by atoms with Gasteiger partial charge in [-0.3, -0.25) is 14.3 Å². The molecule has 186 valence electrons. The summed E-state index contributed by atoms with van der Waals surface area (Å²) in [6, 6.07) is 23.6. The third kappa shape index (κ3) is 6.04. The third-order valence-electron chi connectivity index (χ3n) is 5.50. The smallest absolute Gasteiger partial charge is 0.271 e. The summed E-state index contributed by atoms with van der Waals surface area (Å²) in [5.74, 6) is 1.88. The Morgan fingerprint density at radius 1 is 1.03 bits per heavy atom. The molecule has 0 saturated carbocycles. The lowest BCUT2D eigenvalue weighted by atomic mass is 10.1. The molecule has 3 heterocycles. The second-order valence-electron chi connectivity index (χ2n) is 7.99. The van der Waals surface area contributed by atoms with Crippen LogP contribution in [0.1, 0.15) is 32.6 Å². The molecule has 0 bridgehead atoms. The van der Waals surface area contributed by atoms with Crippen LogP contribution < -0.4 is 10.1 Å². The molecule has 3 aromatic heterocycles. The predicted molar refractivity (Wildman–Crippen MR) is 144 cm³/mol. The Labute approximate surface area is 222 Å². The number of benzene rings is 2. The third-order valence-corrected chi connectivity index (χ3v) is 7.47. The van der Waals surface area contributed by atoms with E-state index in [9.17, 15) is 4.79 Å². The summed E-state index contributed by atoms with van der Waals surface area (Å²) in [4.78, 5) is 21.3. The van der Waals surface area contributed by atoms with Crippen LogP contribution in [-0.4, -0.2) is 37.7 Å². The van der Waals surface area contributed by atoms with Crippen molar-refractivity contribution in [1.29, 1.82) is 0 Å². The van der Waals surface area contributed by atoms with E-state index in [-0.39, 0.29) is 5.91 Å². The number of rotatable bonds is 10. The molecule has 0 aliphatic heterocycles. The van der Waals surface area contributed by atoms with Gasteiger partial charge in [-0.05, 0) is 29.8 Å². The molecule has 0 fully saturated rings. The van der Waals surface area contributed by atoms with Gasteiger partial charge in [0.05, 0.1) is 30.8 Å². The van der Waals surface area contributed by atoms with E-state index in [0.717, 1.165) is 38.7 Å². The van der Waals surface area contributed by atoms with Crippen LogP contribution in [0.3, 0.4) is 0 Å². The Bertz CT molecular complexity index is 1470. The zero-order chi connectivity index (χ0) is 25.5. The Morgan fingerprint density at radius 3 is 2.65 bits per heavy atom. The summed E-state index contributed by atoms with van der Waals surface area (Å²) in [6.45, 7) is 0.355. The fourth-order valence-electron chi connectivity index (χ4n) is 3.72. The van der Waals surface area contributed by atoms with Crippen molar-refractivity contribution in [2.45, 2.75) is 23.9 Å². The van der Waals surface area contributed by atoms with Crippen molar-refractivity contribution in [3.8, 4) is 11.4 Å². The molecule has 0 unspecified atom stereocenters. The topological polar surface area (TPSA) is 94.8 Å². The van der Waals surface area contributed by atoms with E-state index in [1.54, 1.807) is 18.7 Å². The number of nitrogens with one attached hydrogen (secondary N) is 1. The van der Waals surface area contributed by atoms with E-state index in [1.807, 2.05) is 65.2 Å². The number of hydrogen-bond donors (Lipinski definition) is 1. The van der Waals surface area contributed by atoms with Gasteiger partial charge in [-0.1, -0.05) is 60.3 Å². The van der Waals surface area contributed by atoms with Crippen molar-refractivity contribution in [2.24, 2.45) is 0 Å². The number of aromatic nitrogens is 5. The lowest BCUT2D eigenvalue weighted by Gasteiger charge is -2.13. The number of carbonyl (C=O) groups is 1. The number of methoxy groups -OCH3 is 1. The van der Waals surface area contributed by atoms with E-state index in [2.05, 4.69) is 37.6 Å². The number of thiazole rings is 1. The van der Waals surface area contributed by atoms with E-state index < -0.39 is 0 Å².